The molecule has 1 aromatic rings. The molecule has 4 heteroatoms. The highest BCUT2D eigenvalue weighted by Gasteiger charge is 2.14. The number of hydrogen-bond donors (Lipinski definition) is 0. The topological polar surface area (TPSA) is 26.3 Å². The largest absolute Gasteiger partial charge is 0.465 e. The van der Waals surface area contributed by atoms with E-state index < -0.39 is 0 Å². The van der Waals surface area contributed by atoms with Crippen LogP contribution in [0.2, 0.25) is 0 Å². The van der Waals surface area contributed by atoms with Crippen molar-refractivity contribution < 1.29 is 9.53 Å². The van der Waals surface area contributed by atoms with Crippen molar-refractivity contribution in [3.63, 3.8) is 0 Å². The van der Waals surface area contributed by atoms with Gasteiger partial charge >= 0.3 is 5.97 Å². The second-order valence-electron chi connectivity index (χ2n) is 2.82. The molecule has 0 aliphatic heterocycles. The second kappa shape index (κ2) is 5.11. The number of ether oxygens (including phenoxy) is 1. The summed E-state index contributed by atoms with van der Waals surface area (Å²) in [6.07, 6.45) is 0. The molecular formula is C10H10BrIO2. The molecule has 0 heterocycles. The predicted octanol–water partition coefficient (Wildman–Crippen LogP) is 3.53. The number of hydrogen-bond acceptors (Lipinski definition) is 2. The molecule has 1 rings (SSSR count). The maximum Gasteiger partial charge on any atom is 0.338 e. The van der Waals surface area contributed by atoms with Crippen molar-refractivity contribution >= 4 is 44.5 Å². The summed E-state index contributed by atoms with van der Waals surface area (Å²) in [5, 5.41) is 0. The fourth-order valence-electron chi connectivity index (χ4n) is 1.12. The summed E-state index contributed by atoms with van der Waals surface area (Å²) < 4.78 is 5.64. The van der Waals surface area contributed by atoms with Gasteiger partial charge in [0.15, 0.2) is 0 Å². The highest BCUT2D eigenvalue weighted by molar-refractivity contribution is 14.1. The molecule has 0 fully saturated rings. The van der Waals surface area contributed by atoms with E-state index in [2.05, 4.69) is 38.5 Å². The first-order chi connectivity index (χ1) is 6.57. The Labute approximate surface area is 105 Å². The summed E-state index contributed by atoms with van der Waals surface area (Å²) in [7, 11) is 1.39. The zero-order chi connectivity index (χ0) is 10.7. The van der Waals surface area contributed by atoms with Crippen LogP contribution in [0, 0.1) is 3.57 Å². The third-order valence-electron chi connectivity index (χ3n) is 1.86. The SMILES string of the molecule is COC(=O)c1cccc([C@H](C)Br)c1I. The molecule has 0 aliphatic rings. The summed E-state index contributed by atoms with van der Waals surface area (Å²) in [5.74, 6) is -0.288. The molecule has 0 N–H and O–H groups in total. The highest BCUT2D eigenvalue weighted by atomic mass is 127. The molecule has 1 aromatic carbocycles. The van der Waals surface area contributed by atoms with E-state index in [1.165, 1.54) is 7.11 Å². The molecule has 0 amide bonds. The first-order valence-electron chi connectivity index (χ1n) is 4.08. The van der Waals surface area contributed by atoms with Gasteiger partial charge in [0.1, 0.15) is 0 Å². The second-order valence-corrected chi connectivity index (χ2v) is 5.27. The lowest BCUT2D eigenvalue weighted by atomic mass is 10.1. The predicted molar refractivity (Wildman–Crippen MR) is 67.8 cm³/mol. The zero-order valence-electron chi connectivity index (χ0n) is 7.88. The van der Waals surface area contributed by atoms with Crippen LogP contribution in [0.25, 0.3) is 0 Å². The van der Waals surface area contributed by atoms with Crippen molar-refractivity contribution in [3.05, 3.63) is 32.9 Å². The molecule has 0 spiro atoms. The first-order valence-corrected chi connectivity index (χ1v) is 6.08. The summed E-state index contributed by atoms with van der Waals surface area (Å²) in [4.78, 5) is 11.6. The van der Waals surface area contributed by atoms with E-state index in [1.54, 1.807) is 6.07 Å². The van der Waals surface area contributed by atoms with Gasteiger partial charge in [-0.1, -0.05) is 28.1 Å². The van der Waals surface area contributed by atoms with Crippen molar-refractivity contribution in [2.24, 2.45) is 0 Å². The van der Waals surface area contributed by atoms with Crippen LogP contribution in [0.5, 0.6) is 0 Å². The molecule has 1 atom stereocenters. The van der Waals surface area contributed by atoms with E-state index in [0.717, 1.165) is 9.13 Å². The van der Waals surface area contributed by atoms with Gasteiger partial charge in [-0.05, 0) is 41.1 Å². The Morgan fingerprint density at radius 1 is 1.57 bits per heavy atom. The fraction of sp³-hybridized carbons (Fsp3) is 0.300. The van der Waals surface area contributed by atoms with Crippen LogP contribution < -0.4 is 0 Å². The summed E-state index contributed by atoms with van der Waals surface area (Å²) in [6, 6.07) is 5.63. The Hall–Kier alpha value is -0.100. The minimum atomic E-state index is -0.288. The van der Waals surface area contributed by atoms with E-state index >= 15 is 0 Å². The number of rotatable bonds is 2. The Morgan fingerprint density at radius 2 is 2.21 bits per heavy atom. The van der Waals surface area contributed by atoms with Crippen molar-refractivity contribution in [2.45, 2.75) is 11.8 Å². The first kappa shape index (κ1) is 12.0. The smallest absolute Gasteiger partial charge is 0.338 e. The lowest BCUT2D eigenvalue weighted by Crippen LogP contribution is -2.05. The van der Waals surface area contributed by atoms with Gasteiger partial charge in [-0.3, -0.25) is 0 Å². The molecule has 0 aliphatic carbocycles. The Bertz CT molecular complexity index is 350. The molecule has 0 saturated heterocycles. The van der Waals surface area contributed by atoms with E-state index in [0.29, 0.717) is 5.56 Å². The zero-order valence-corrected chi connectivity index (χ0v) is 11.6. The number of alkyl halides is 1. The fourth-order valence-corrected chi connectivity index (χ4v) is 2.98. The monoisotopic (exact) mass is 368 g/mol. The molecule has 76 valence electrons. The van der Waals surface area contributed by atoms with E-state index in [9.17, 15) is 4.79 Å². The maximum absolute atomic E-state index is 11.4. The van der Waals surface area contributed by atoms with Crippen molar-refractivity contribution in [1.29, 1.82) is 0 Å². The Morgan fingerprint density at radius 3 is 2.71 bits per heavy atom. The molecule has 0 radical (unpaired) electrons. The lowest BCUT2D eigenvalue weighted by molar-refractivity contribution is 0.0599. The third-order valence-corrected chi connectivity index (χ3v) is 3.56. The van der Waals surface area contributed by atoms with Crippen LogP contribution >= 0.6 is 38.5 Å². The summed E-state index contributed by atoms with van der Waals surface area (Å²) in [6.45, 7) is 2.03. The van der Waals surface area contributed by atoms with E-state index in [1.807, 2.05) is 19.1 Å². The third kappa shape index (κ3) is 2.48. The van der Waals surface area contributed by atoms with Gasteiger partial charge in [-0.2, -0.15) is 0 Å². The number of carbonyl (C=O) groups is 1. The minimum absolute atomic E-state index is 0.235. The number of halogens is 2. The van der Waals surface area contributed by atoms with Gasteiger partial charge in [-0.25, -0.2) is 4.79 Å². The Balaban J connectivity index is 3.20. The number of esters is 1. The van der Waals surface area contributed by atoms with Crippen LogP contribution in [0.4, 0.5) is 0 Å². The van der Waals surface area contributed by atoms with Crippen LogP contribution in [-0.4, -0.2) is 13.1 Å². The van der Waals surface area contributed by atoms with Crippen LogP contribution in [0.1, 0.15) is 27.7 Å². The number of methoxy groups -OCH3 is 1. The average Bonchev–Trinajstić information content (AvgIpc) is 2.16. The normalized spacial score (nSPS) is 12.3. The van der Waals surface area contributed by atoms with Crippen LogP contribution in [0.15, 0.2) is 18.2 Å². The standard InChI is InChI=1S/C10H10BrIO2/c1-6(11)7-4-3-5-8(9(7)12)10(13)14-2/h3-6H,1-2H3/t6-/m0/s1. The van der Waals surface area contributed by atoms with E-state index in [-0.39, 0.29) is 10.8 Å². The average molecular weight is 369 g/mol. The molecule has 0 saturated carbocycles. The van der Waals surface area contributed by atoms with Gasteiger partial charge in [0, 0.05) is 8.40 Å². The lowest BCUT2D eigenvalue weighted by Gasteiger charge is -2.09. The number of carbonyl (C=O) groups excluding carboxylic acids is 1. The maximum atomic E-state index is 11.4. The van der Waals surface area contributed by atoms with E-state index in [4.69, 9.17) is 4.74 Å². The molecule has 0 bridgehead atoms. The minimum Gasteiger partial charge on any atom is -0.465 e. The van der Waals surface area contributed by atoms with Crippen molar-refractivity contribution in [3.8, 4) is 0 Å². The van der Waals surface area contributed by atoms with Crippen molar-refractivity contribution in [2.75, 3.05) is 7.11 Å². The van der Waals surface area contributed by atoms with Gasteiger partial charge < -0.3 is 4.74 Å². The highest BCUT2D eigenvalue weighted by Crippen LogP contribution is 2.28. The van der Waals surface area contributed by atoms with Crippen LogP contribution in [-0.2, 0) is 4.74 Å². The van der Waals surface area contributed by atoms with Crippen LogP contribution in [0.3, 0.4) is 0 Å². The van der Waals surface area contributed by atoms with Crippen molar-refractivity contribution in [1.82, 2.24) is 0 Å². The number of benzene rings is 1. The molecular weight excluding hydrogens is 359 g/mol. The van der Waals surface area contributed by atoms with Gasteiger partial charge in [0.2, 0.25) is 0 Å². The van der Waals surface area contributed by atoms with Gasteiger partial charge in [-0.15, -0.1) is 0 Å². The van der Waals surface area contributed by atoms with Gasteiger partial charge in [0.05, 0.1) is 12.7 Å². The molecule has 0 aromatic heterocycles. The molecule has 0 unspecified atom stereocenters. The summed E-state index contributed by atoms with van der Waals surface area (Å²) >= 11 is 5.65. The van der Waals surface area contributed by atoms with Gasteiger partial charge in [0.25, 0.3) is 0 Å². The summed E-state index contributed by atoms with van der Waals surface area (Å²) in [5.41, 5.74) is 1.73. The molecule has 14 heavy (non-hydrogen) atoms. The molecule has 2 nitrogen and oxygen atoms in total. The quantitative estimate of drug-likeness (QED) is 0.453. The Kier molecular flexibility index (Phi) is 4.37.